The molecule has 0 N–H and O–H groups in total. The quantitative estimate of drug-likeness (QED) is 0.841. The lowest BCUT2D eigenvalue weighted by molar-refractivity contribution is 0.383. The van der Waals surface area contributed by atoms with Gasteiger partial charge in [0.2, 0.25) is 10.0 Å². The summed E-state index contributed by atoms with van der Waals surface area (Å²) in [6.45, 7) is 6.05. The SMILES string of the molecule is COc1cccc(N2CCN(S(=O)(=O)c3cc(C)ccc3C)CC2)c1. The summed E-state index contributed by atoms with van der Waals surface area (Å²) in [7, 11) is -1.81. The molecule has 1 fully saturated rings. The van der Waals surface area contributed by atoms with Gasteiger partial charge in [0.1, 0.15) is 5.75 Å². The first-order valence-electron chi connectivity index (χ1n) is 8.38. The van der Waals surface area contributed by atoms with Crippen LogP contribution in [0.4, 0.5) is 5.69 Å². The molecule has 2 aromatic carbocycles. The topological polar surface area (TPSA) is 49.9 Å². The van der Waals surface area contributed by atoms with Crippen LogP contribution >= 0.6 is 0 Å². The van der Waals surface area contributed by atoms with E-state index in [0.717, 1.165) is 22.6 Å². The van der Waals surface area contributed by atoms with Gasteiger partial charge in [0.05, 0.1) is 12.0 Å². The maximum atomic E-state index is 13.0. The Morgan fingerprint density at radius 1 is 0.960 bits per heavy atom. The molecule has 0 radical (unpaired) electrons. The Hall–Kier alpha value is -2.05. The van der Waals surface area contributed by atoms with Crippen LogP contribution in [0.3, 0.4) is 0 Å². The minimum atomic E-state index is -3.45. The zero-order valence-corrected chi connectivity index (χ0v) is 15.7. The van der Waals surface area contributed by atoms with Gasteiger partial charge in [-0.15, -0.1) is 0 Å². The van der Waals surface area contributed by atoms with E-state index in [1.165, 1.54) is 0 Å². The van der Waals surface area contributed by atoms with Gasteiger partial charge in [0.15, 0.2) is 0 Å². The van der Waals surface area contributed by atoms with E-state index in [4.69, 9.17) is 4.74 Å². The summed E-state index contributed by atoms with van der Waals surface area (Å²) in [5.74, 6) is 0.808. The normalized spacial score (nSPS) is 16.0. The third-order valence-electron chi connectivity index (χ3n) is 4.62. The summed E-state index contributed by atoms with van der Waals surface area (Å²) in [4.78, 5) is 2.61. The number of methoxy groups -OCH3 is 1. The average Bonchev–Trinajstić information content (AvgIpc) is 2.63. The number of sulfonamides is 1. The van der Waals surface area contributed by atoms with Crippen molar-refractivity contribution in [3.8, 4) is 5.75 Å². The summed E-state index contributed by atoms with van der Waals surface area (Å²) in [6, 6.07) is 13.4. The first-order chi connectivity index (χ1) is 11.9. The molecule has 0 saturated carbocycles. The highest BCUT2D eigenvalue weighted by Gasteiger charge is 2.29. The first-order valence-corrected chi connectivity index (χ1v) is 9.82. The van der Waals surface area contributed by atoms with E-state index in [2.05, 4.69) is 4.90 Å². The summed E-state index contributed by atoms with van der Waals surface area (Å²) in [5.41, 5.74) is 2.81. The first kappa shape index (κ1) is 17.8. The fourth-order valence-electron chi connectivity index (χ4n) is 3.12. The van der Waals surface area contributed by atoms with Crippen LogP contribution in [0.25, 0.3) is 0 Å². The van der Waals surface area contributed by atoms with Crippen molar-refractivity contribution in [3.63, 3.8) is 0 Å². The molecule has 0 unspecified atom stereocenters. The lowest BCUT2D eigenvalue weighted by Gasteiger charge is -2.35. The number of ether oxygens (including phenoxy) is 1. The largest absolute Gasteiger partial charge is 0.497 e. The Morgan fingerprint density at radius 3 is 2.36 bits per heavy atom. The molecule has 0 aromatic heterocycles. The Balaban J connectivity index is 1.76. The zero-order valence-electron chi connectivity index (χ0n) is 14.9. The number of aryl methyl sites for hydroxylation is 2. The monoisotopic (exact) mass is 360 g/mol. The Morgan fingerprint density at radius 2 is 1.68 bits per heavy atom. The number of rotatable bonds is 4. The average molecular weight is 360 g/mol. The van der Waals surface area contributed by atoms with Gasteiger partial charge >= 0.3 is 0 Å². The van der Waals surface area contributed by atoms with Crippen LogP contribution in [-0.4, -0.2) is 46.0 Å². The maximum absolute atomic E-state index is 13.0. The van der Waals surface area contributed by atoms with Gasteiger partial charge in [-0.2, -0.15) is 4.31 Å². The van der Waals surface area contributed by atoms with Gasteiger partial charge in [-0.25, -0.2) is 8.42 Å². The lowest BCUT2D eigenvalue weighted by Crippen LogP contribution is -2.48. The third kappa shape index (κ3) is 3.65. The second-order valence-corrected chi connectivity index (χ2v) is 8.27. The third-order valence-corrected chi connectivity index (χ3v) is 6.66. The smallest absolute Gasteiger partial charge is 0.243 e. The molecule has 2 aromatic rings. The minimum Gasteiger partial charge on any atom is -0.497 e. The summed E-state index contributed by atoms with van der Waals surface area (Å²) in [6.07, 6.45) is 0. The molecule has 0 amide bonds. The zero-order chi connectivity index (χ0) is 18.0. The standard InChI is InChI=1S/C19H24N2O3S/c1-15-7-8-16(2)19(13-15)25(22,23)21-11-9-20(10-12-21)17-5-4-6-18(14-17)24-3/h4-8,13-14H,9-12H2,1-3H3. The van der Waals surface area contributed by atoms with Crippen LogP contribution in [-0.2, 0) is 10.0 Å². The van der Waals surface area contributed by atoms with Crippen molar-refractivity contribution in [2.24, 2.45) is 0 Å². The fourth-order valence-corrected chi connectivity index (χ4v) is 4.85. The van der Waals surface area contributed by atoms with Crippen LogP contribution in [0, 0.1) is 13.8 Å². The Bertz CT molecular complexity index is 857. The van der Waals surface area contributed by atoms with Crippen molar-refractivity contribution in [2.75, 3.05) is 38.2 Å². The molecule has 5 nitrogen and oxygen atoms in total. The second-order valence-electron chi connectivity index (χ2n) is 6.36. The number of piperazine rings is 1. The highest BCUT2D eigenvalue weighted by molar-refractivity contribution is 7.89. The predicted octanol–water partition coefficient (Wildman–Crippen LogP) is 2.82. The predicted molar refractivity (Wildman–Crippen MR) is 99.9 cm³/mol. The van der Waals surface area contributed by atoms with Crippen LogP contribution < -0.4 is 9.64 Å². The van der Waals surface area contributed by atoms with Crippen molar-refractivity contribution >= 4 is 15.7 Å². The van der Waals surface area contributed by atoms with Crippen molar-refractivity contribution in [3.05, 3.63) is 53.6 Å². The number of hydrogen-bond donors (Lipinski definition) is 0. The molecule has 0 bridgehead atoms. The molecule has 1 aliphatic rings. The molecular weight excluding hydrogens is 336 g/mol. The van der Waals surface area contributed by atoms with Gasteiger partial charge in [0, 0.05) is 37.9 Å². The van der Waals surface area contributed by atoms with Gasteiger partial charge in [-0.05, 0) is 43.2 Å². The van der Waals surface area contributed by atoms with Crippen molar-refractivity contribution in [1.82, 2.24) is 4.31 Å². The number of anilines is 1. The molecule has 1 saturated heterocycles. The Kier molecular flexibility index (Phi) is 5.01. The summed E-state index contributed by atoms with van der Waals surface area (Å²) < 4.78 is 32.8. The number of benzene rings is 2. The summed E-state index contributed by atoms with van der Waals surface area (Å²) >= 11 is 0. The highest BCUT2D eigenvalue weighted by atomic mass is 32.2. The molecule has 1 aliphatic heterocycles. The molecule has 6 heteroatoms. The number of nitrogens with zero attached hydrogens (tertiary/aromatic N) is 2. The van der Waals surface area contributed by atoms with Crippen molar-refractivity contribution in [1.29, 1.82) is 0 Å². The molecule has 0 atom stereocenters. The Labute approximate surface area is 149 Å². The van der Waals surface area contributed by atoms with Crippen molar-refractivity contribution < 1.29 is 13.2 Å². The van der Waals surface area contributed by atoms with Crippen molar-refractivity contribution in [2.45, 2.75) is 18.7 Å². The second kappa shape index (κ2) is 7.06. The van der Waals surface area contributed by atoms with Crippen LogP contribution in [0.1, 0.15) is 11.1 Å². The van der Waals surface area contributed by atoms with Gasteiger partial charge in [0.25, 0.3) is 0 Å². The van der Waals surface area contributed by atoms with E-state index in [1.54, 1.807) is 17.5 Å². The summed E-state index contributed by atoms with van der Waals surface area (Å²) in [5, 5.41) is 0. The van der Waals surface area contributed by atoms with Gasteiger partial charge < -0.3 is 9.64 Å². The van der Waals surface area contributed by atoms with Gasteiger partial charge in [-0.1, -0.05) is 18.2 Å². The minimum absolute atomic E-state index is 0.419. The molecule has 0 aliphatic carbocycles. The maximum Gasteiger partial charge on any atom is 0.243 e. The van der Waals surface area contributed by atoms with E-state index in [-0.39, 0.29) is 0 Å². The fraction of sp³-hybridized carbons (Fsp3) is 0.368. The molecular formula is C19H24N2O3S. The van der Waals surface area contributed by atoms with E-state index < -0.39 is 10.0 Å². The molecule has 134 valence electrons. The van der Waals surface area contributed by atoms with E-state index >= 15 is 0 Å². The molecule has 3 rings (SSSR count). The van der Waals surface area contributed by atoms with E-state index in [0.29, 0.717) is 31.1 Å². The number of hydrogen-bond acceptors (Lipinski definition) is 4. The van der Waals surface area contributed by atoms with E-state index in [1.807, 2.05) is 50.2 Å². The highest BCUT2D eigenvalue weighted by Crippen LogP contribution is 2.25. The van der Waals surface area contributed by atoms with E-state index in [9.17, 15) is 8.42 Å². The van der Waals surface area contributed by atoms with Crippen LogP contribution in [0.15, 0.2) is 47.4 Å². The molecule has 25 heavy (non-hydrogen) atoms. The lowest BCUT2D eigenvalue weighted by atomic mass is 10.2. The van der Waals surface area contributed by atoms with Gasteiger partial charge in [-0.3, -0.25) is 0 Å². The molecule has 1 heterocycles. The molecule has 0 spiro atoms. The van der Waals surface area contributed by atoms with Crippen LogP contribution in [0.2, 0.25) is 0 Å². The van der Waals surface area contributed by atoms with Crippen LogP contribution in [0.5, 0.6) is 5.75 Å².